The molecule has 1 aliphatic rings. The van der Waals surface area contributed by atoms with Gasteiger partial charge in [0.25, 0.3) is 0 Å². The fraction of sp³-hybridized carbons (Fsp3) is 0.318. The highest BCUT2D eigenvalue weighted by molar-refractivity contribution is 7.98. The maximum absolute atomic E-state index is 12.5. The molecule has 1 fully saturated rings. The van der Waals surface area contributed by atoms with Crippen LogP contribution in [0.15, 0.2) is 63.1 Å². The normalized spacial score (nSPS) is 14.6. The van der Waals surface area contributed by atoms with Crippen LogP contribution >= 0.6 is 11.8 Å². The van der Waals surface area contributed by atoms with E-state index in [4.69, 9.17) is 8.94 Å². The Labute approximate surface area is 188 Å². The minimum absolute atomic E-state index is 0.172. The summed E-state index contributed by atoms with van der Waals surface area (Å²) in [4.78, 5) is 18.6. The van der Waals surface area contributed by atoms with E-state index in [2.05, 4.69) is 20.3 Å². The second-order valence-electron chi connectivity index (χ2n) is 7.52. The zero-order valence-electron chi connectivity index (χ0n) is 17.4. The summed E-state index contributed by atoms with van der Waals surface area (Å²) in [5.74, 6) is 2.65. The van der Waals surface area contributed by atoms with Gasteiger partial charge in [0, 0.05) is 31.0 Å². The van der Waals surface area contributed by atoms with Crippen LogP contribution < -0.4 is 0 Å². The number of thioether (sulfide) groups is 1. The predicted molar refractivity (Wildman–Crippen MR) is 117 cm³/mol. The molecule has 5 rings (SSSR count). The summed E-state index contributed by atoms with van der Waals surface area (Å²) in [7, 11) is 0. The average Bonchev–Trinajstić information content (AvgIpc) is 3.55. The predicted octanol–water partition coefficient (Wildman–Crippen LogP) is 4.11. The summed E-state index contributed by atoms with van der Waals surface area (Å²) < 4.78 is 12.7. The highest BCUT2D eigenvalue weighted by atomic mass is 32.2. The largest absolute Gasteiger partial charge is 0.461 e. The molecule has 1 aliphatic heterocycles. The maximum atomic E-state index is 12.5. The summed E-state index contributed by atoms with van der Waals surface area (Å²) in [5.41, 5.74) is 1.63. The lowest BCUT2D eigenvalue weighted by Crippen LogP contribution is -2.31. The van der Waals surface area contributed by atoms with Gasteiger partial charge in [0.05, 0.1) is 30.4 Å². The second-order valence-corrected chi connectivity index (χ2v) is 8.46. The van der Waals surface area contributed by atoms with Gasteiger partial charge in [0.2, 0.25) is 11.7 Å². The van der Waals surface area contributed by atoms with Crippen molar-refractivity contribution in [2.45, 2.75) is 43.1 Å². The number of nitrogens with zero attached hydrogens (tertiary/aromatic N) is 6. The molecule has 0 aliphatic carbocycles. The van der Waals surface area contributed by atoms with Crippen molar-refractivity contribution in [3.8, 4) is 17.2 Å². The van der Waals surface area contributed by atoms with Crippen LogP contribution in [0.25, 0.3) is 17.2 Å². The van der Waals surface area contributed by atoms with E-state index in [1.807, 2.05) is 33.7 Å². The highest BCUT2D eigenvalue weighted by Gasteiger charge is 2.22. The first-order valence-electron chi connectivity index (χ1n) is 10.5. The van der Waals surface area contributed by atoms with E-state index < -0.39 is 0 Å². The van der Waals surface area contributed by atoms with Crippen molar-refractivity contribution < 1.29 is 13.7 Å². The minimum Gasteiger partial charge on any atom is -0.461 e. The van der Waals surface area contributed by atoms with Crippen LogP contribution in [0.5, 0.6) is 0 Å². The van der Waals surface area contributed by atoms with Gasteiger partial charge in [0.15, 0.2) is 16.7 Å². The number of furan rings is 1. The molecule has 1 amide bonds. The number of amides is 1. The third-order valence-corrected chi connectivity index (χ3v) is 6.24. The van der Waals surface area contributed by atoms with E-state index in [1.54, 1.807) is 24.7 Å². The van der Waals surface area contributed by atoms with Gasteiger partial charge in [0.1, 0.15) is 0 Å². The number of carbonyl (C=O) groups excluding carboxylic acids is 1. The molecular formula is C22H22N6O3S. The first-order chi connectivity index (χ1) is 15.8. The van der Waals surface area contributed by atoms with Crippen LogP contribution in [-0.4, -0.2) is 42.3 Å². The average molecular weight is 451 g/mol. The van der Waals surface area contributed by atoms with Crippen molar-refractivity contribution >= 4 is 17.7 Å². The number of pyridine rings is 1. The van der Waals surface area contributed by atoms with Crippen molar-refractivity contribution in [1.29, 1.82) is 0 Å². The Balaban J connectivity index is 1.38. The van der Waals surface area contributed by atoms with E-state index >= 15 is 0 Å². The van der Waals surface area contributed by atoms with E-state index in [1.165, 1.54) is 11.8 Å². The lowest BCUT2D eigenvalue weighted by Gasteiger charge is -2.20. The molecule has 0 atom stereocenters. The van der Waals surface area contributed by atoms with Crippen molar-refractivity contribution in [3.05, 3.63) is 60.5 Å². The van der Waals surface area contributed by atoms with Crippen LogP contribution in [0, 0.1) is 0 Å². The molecule has 10 heteroatoms. The Morgan fingerprint density at radius 2 is 2.06 bits per heavy atom. The van der Waals surface area contributed by atoms with Crippen LogP contribution in [0.2, 0.25) is 0 Å². The standard InChI is InChI=1S/C22H22N6O3S/c29-21-8-2-1-3-10-27(21)14-20-24-25-22(28(20)17-6-4-9-23-13-17)32-15-16-12-19(31-26-16)18-7-5-11-30-18/h4-7,9,11-13H,1-3,8,10,14-15H2. The van der Waals surface area contributed by atoms with Gasteiger partial charge >= 0.3 is 0 Å². The first-order valence-corrected chi connectivity index (χ1v) is 11.5. The summed E-state index contributed by atoms with van der Waals surface area (Å²) in [6.45, 7) is 1.17. The van der Waals surface area contributed by atoms with Crippen LogP contribution in [0.4, 0.5) is 0 Å². The molecule has 4 aromatic rings. The smallest absolute Gasteiger partial charge is 0.222 e. The summed E-state index contributed by atoms with van der Waals surface area (Å²) in [6.07, 6.45) is 8.72. The van der Waals surface area contributed by atoms with Gasteiger partial charge in [-0.1, -0.05) is 23.3 Å². The van der Waals surface area contributed by atoms with Gasteiger partial charge < -0.3 is 13.8 Å². The number of likely N-dealkylation sites (tertiary alicyclic amines) is 1. The molecule has 164 valence electrons. The summed E-state index contributed by atoms with van der Waals surface area (Å²) in [5, 5.41) is 13.7. The highest BCUT2D eigenvalue weighted by Crippen LogP contribution is 2.28. The maximum Gasteiger partial charge on any atom is 0.222 e. The van der Waals surface area contributed by atoms with E-state index in [0.29, 0.717) is 41.2 Å². The quantitative estimate of drug-likeness (QED) is 0.388. The van der Waals surface area contributed by atoms with Crippen LogP contribution in [0.3, 0.4) is 0 Å². The molecular weight excluding hydrogens is 428 g/mol. The summed E-state index contributed by atoms with van der Waals surface area (Å²) >= 11 is 1.50. The Hall–Kier alpha value is -3.40. The second kappa shape index (κ2) is 9.39. The molecule has 0 unspecified atom stereocenters. The fourth-order valence-electron chi connectivity index (χ4n) is 3.67. The van der Waals surface area contributed by atoms with Crippen molar-refractivity contribution in [3.63, 3.8) is 0 Å². The Bertz CT molecular complexity index is 1170. The number of carbonyl (C=O) groups is 1. The van der Waals surface area contributed by atoms with E-state index in [9.17, 15) is 4.79 Å². The lowest BCUT2D eigenvalue weighted by atomic mass is 10.2. The van der Waals surface area contributed by atoms with Gasteiger partial charge in [-0.2, -0.15) is 0 Å². The number of hydrogen-bond donors (Lipinski definition) is 0. The van der Waals surface area contributed by atoms with Gasteiger partial charge in [-0.25, -0.2) is 0 Å². The monoisotopic (exact) mass is 450 g/mol. The van der Waals surface area contributed by atoms with Crippen molar-refractivity contribution in [2.24, 2.45) is 0 Å². The van der Waals surface area contributed by atoms with Crippen LogP contribution in [-0.2, 0) is 17.1 Å². The number of rotatable bonds is 7. The Morgan fingerprint density at radius 3 is 2.91 bits per heavy atom. The molecule has 4 aromatic heterocycles. The van der Waals surface area contributed by atoms with Crippen LogP contribution in [0.1, 0.15) is 37.2 Å². The molecule has 0 N–H and O–H groups in total. The molecule has 5 heterocycles. The van der Waals surface area contributed by atoms with E-state index in [0.717, 1.165) is 37.2 Å². The molecule has 0 aromatic carbocycles. The molecule has 32 heavy (non-hydrogen) atoms. The molecule has 0 spiro atoms. The van der Waals surface area contributed by atoms with Crippen molar-refractivity contribution in [2.75, 3.05) is 6.54 Å². The molecule has 1 saturated heterocycles. The first kappa shape index (κ1) is 20.5. The fourth-order valence-corrected chi connectivity index (χ4v) is 4.52. The van der Waals surface area contributed by atoms with Gasteiger partial charge in [-0.15, -0.1) is 10.2 Å². The Kier molecular flexibility index (Phi) is 6.02. The third-order valence-electron chi connectivity index (χ3n) is 5.28. The number of hydrogen-bond acceptors (Lipinski definition) is 8. The molecule has 0 bridgehead atoms. The zero-order valence-corrected chi connectivity index (χ0v) is 18.2. The SMILES string of the molecule is O=C1CCCCCN1Cc1nnc(SCc2cc(-c3ccco3)on2)n1-c1cccnc1. The Morgan fingerprint density at radius 1 is 1.09 bits per heavy atom. The number of aromatic nitrogens is 5. The van der Waals surface area contributed by atoms with E-state index in [-0.39, 0.29) is 5.91 Å². The van der Waals surface area contributed by atoms with Gasteiger partial charge in [-0.05, 0) is 37.1 Å². The zero-order chi connectivity index (χ0) is 21.8. The molecule has 9 nitrogen and oxygen atoms in total. The van der Waals surface area contributed by atoms with Gasteiger partial charge in [-0.3, -0.25) is 14.3 Å². The molecule has 0 saturated carbocycles. The molecule has 0 radical (unpaired) electrons. The third kappa shape index (κ3) is 4.45. The van der Waals surface area contributed by atoms with Crippen molar-refractivity contribution in [1.82, 2.24) is 29.8 Å². The minimum atomic E-state index is 0.172. The lowest BCUT2D eigenvalue weighted by molar-refractivity contribution is -0.131. The topological polar surface area (TPSA) is 103 Å². The summed E-state index contributed by atoms with van der Waals surface area (Å²) in [6, 6.07) is 9.32.